The van der Waals surface area contributed by atoms with Gasteiger partial charge < -0.3 is 4.90 Å². The maximum absolute atomic E-state index is 5.06. The molecular weight excluding hydrogens is 524 g/mol. The molecule has 8 rings (SSSR count). The highest BCUT2D eigenvalue weighted by atomic mass is 15.2. The summed E-state index contributed by atoms with van der Waals surface area (Å²) in [6, 6.07) is 46.4. The Labute approximate surface area is 251 Å². The van der Waals surface area contributed by atoms with Crippen molar-refractivity contribution < 1.29 is 0 Å². The molecule has 0 spiro atoms. The van der Waals surface area contributed by atoms with Gasteiger partial charge in [-0.3, -0.25) is 0 Å². The van der Waals surface area contributed by atoms with Crippen LogP contribution in [0.15, 0.2) is 158 Å². The standard InChI is InChI=1S/C39H28N4/c1-3-15-27(16-4-1)37-40-38(28-17-5-2-6-18-28)42-39(41-37)33-23-8-7-19-29(33)30-20-9-12-24-34(30)43-35-25-13-10-21-31(35)32-22-11-14-26-36(32)43/h1-26,31,35H. The second-order valence-corrected chi connectivity index (χ2v) is 10.8. The quantitative estimate of drug-likeness (QED) is 0.214. The van der Waals surface area contributed by atoms with Gasteiger partial charge in [-0.1, -0.05) is 146 Å². The number of hydrogen-bond donors (Lipinski definition) is 0. The number of anilines is 2. The molecule has 4 heteroatoms. The van der Waals surface area contributed by atoms with Gasteiger partial charge in [0.15, 0.2) is 17.5 Å². The van der Waals surface area contributed by atoms with Crippen LogP contribution >= 0.6 is 0 Å². The molecule has 2 heterocycles. The summed E-state index contributed by atoms with van der Waals surface area (Å²) in [5.74, 6) is 2.28. The molecule has 5 aromatic carbocycles. The maximum atomic E-state index is 5.06. The number of aromatic nitrogens is 3. The third kappa shape index (κ3) is 4.45. The molecule has 0 N–H and O–H groups in total. The summed E-state index contributed by atoms with van der Waals surface area (Å²) >= 11 is 0. The van der Waals surface area contributed by atoms with Crippen LogP contribution in [0.25, 0.3) is 45.3 Å². The van der Waals surface area contributed by atoms with E-state index in [2.05, 4.69) is 102 Å². The fourth-order valence-electron chi connectivity index (χ4n) is 6.32. The molecule has 204 valence electrons. The van der Waals surface area contributed by atoms with Crippen LogP contribution in [-0.2, 0) is 0 Å². The monoisotopic (exact) mass is 552 g/mol. The van der Waals surface area contributed by atoms with Crippen LogP contribution in [0.4, 0.5) is 11.4 Å². The minimum Gasteiger partial charge on any atom is -0.333 e. The molecule has 1 aromatic heterocycles. The van der Waals surface area contributed by atoms with Crippen LogP contribution in [0.2, 0.25) is 0 Å². The topological polar surface area (TPSA) is 41.9 Å². The molecule has 1 aliphatic heterocycles. The van der Waals surface area contributed by atoms with Gasteiger partial charge in [-0.05, 0) is 23.3 Å². The summed E-state index contributed by atoms with van der Waals surface area (Å²) in [7, 11) is 0. The Morgan fingerprint density at radius 3 is 1.63 bits per heavy atom. The summed E-state index contributed by atoms with van der Waals surface area (Å²) in [6.45, 7) is 0. The molecule has 0 saturated heterocycles. The van der Waals surface area contributed by atoms with E-state index in [0.717, 1.165) is 33.5 Å². The Hall–Kier alpha value is -5.61. The van der Waals surface area contributed by atoms with Crippen molar-refractivity contribution in [1.82, 2.24) is 15.0 Å². The van der Waals surface area contributed by atoms with Crippen LogP contribution in [0.5, 0.6) is 0 Å². The van der Waals surface area contributed by atoms with E-state index in [9.17, 15) is 0 Å². The molecule has 0 amide bonds. The van der Waals surface area contributed by atoms with Crippen molar-refractivity contribution in [2.75, 3.05) is 4.90 Å². The summed E-state index contributed by atoms with van der Waals surface area (Å²) in [5.41, 5.74) is 8.87. The predicted octanol–water partition coefficient (Wildman–Crippen LogP) is 9.27. The van der Waals surface area contributed by atoms with Gasteiger partial charge in [0.25, 0.3) is 0 Å². The van der Waals surface area contributed by atoms with Crippen molar-refractivity contribution >= 4 is 11.4 Å². The number of fused-ring (bicyclic) bond motifs is 3. The number of rotatable bonds is 5. The summed E-state index contributed by atoms with van der Waals surface area (Å²) < 4.78 is 0. The highest BCUT2D eigenvalue weighted by Crippen LogP contribution is 2.50. The smallest absolute Gasteiger partial charge is 0.164 e. The van der Waals surface area contributed by atoms with Gasteiger partial charge in [0.2, 0.25) is 0 Å². The van der Waals surface area contributed by atoms with E-state index < -0.39 is 0 Å². The zero-order valence-electron chi connectivity index (χ0n) is 23.5. The molecule has 43 heavy (non-hydrogen) atoms. The highest BCUT2D eigenvalue weighted by molar-refractivity contribution is 5.92. The largest absolute Gasteiger partial charge is 0.333 e. The second kappa shape index (κ2) is 10.7. The van der Waals surface area contributed by atoms with E-state index in [1.54, 1.807) is 0 Å². The highest BCUT2D eigenvalue weighted by Gasteiger charge is 2.38. The molecule has 0 radical (unpaired) electrons. The van der Waals surface area contributed by atoms with Gasteiger partial charge in [-0.15, -0.1) is 0 Å². The van der Waals surface area contributed by atoms with Gasteiger partial charge in [-0.2, -0.15) is 0 Å². The molecule has 4 nitrogen and oxygen atoms in total. The van der Waals surface area contributed by atoms with E-state index in [0.29, 0.717) is 23.4 Å². The van der Waals surface area contributed by atoms with Crippen molar-refractivity contribution in [2.45, 2.75) is 12.0 Å². The van der Waals surface area contributed by atoms with Gasteiger partial charge in [0.1, 0.15) is 0 Å². The lowest BCUT2D eigenvalue weighted by Crippen LogP contribution is -2.28. The molecule has 0 bridgehead atoms. The lowest BCUT2D eigenvalue weighted by molar-refractivity contribution is 0.745. The van der Waals surface area contributed by atoms with Gasteiger partial charge >= 0.3 is 0 Å². The Bertz CT molecular complexity index is 1940. The van der Waals surface area contributed by atoms with E-state index in [-0.39, 0.29) is 6.04 Å². The second-order valence-electron chi connectivity index (χ2n) is 10.8. The Kier molecular flexibility index (Phi) is 6.23. The molecule has 1 aliphatic carbocycles. The Morgan fingerprint density at radius 2 is 0.930 bits per heavy atom. The average Bonchev–Trinajstić information content (AvgIpc) is 3.43. The number of nitrogens with zero attached hydrogens (tertiary/aromatic N) is 4. The van der Waals surface area contributed by atoms with E-state index in [1.165, 1.54) is 11.3 Å². The van der Waals surface area contributed by atoms with Crippen molar-refractivity contribution in [3.8, 4) is 45.3 Å². The predicted molar refractivity (Wildman–Crippen MR) is 175 cm³/mol. The lowest BCUT2D eigenvalue weighted by atomic mass is 9.91. The van der Waals surface area contributed by atoms with Crippen molar-refractivity contribution in [3.05, 3.63) is 163 Å². The van der Waals surface area contributed by atoms with Crippen LogP contribution in [0.3, 0.4) is 0 Å². The maximum Gasteiger partial charge on any atom is 0.164 e. The molecule has 0 fully saturated rings. The molecular formula is C39H28N4. The van der Waals surface area contributed by atoms with Crippen molar-refractivity contribution in [3.63, 3.8) is 0 Å². The van der Waals surface area contributed by atoms with Crippen molar-refractivity contribution in [1.29, 1.82) is 0 Å². The molecule has 2 atom stereocenters. The normalized spacial score (nSPS) is 16.6. The third-order valence-corrected chi connectivity index (χ3v) is 8.28. The summed E-state index contributed by atoms with van der Waals surface area (Å²) in [5, 5.41) is 0. The zero-order valence-corrected chi connectivity index (χ0v) is 23.5. The minimum atomic E-state index is 0.210. The molecule has 2 aliphatic rings. The van der Waals surface area contributed by atoms with Gasteiger partial charge in [-0.25, -0.2) is 15.0 Å². The number of allylic oxidation sites excluding steroid dienone is 2. The third-order valence-electron chi connectivity index (χ3n) is 8.28. The molecule has 6 aromatic rings. The first kappa shape index (κ1) is 25.1. The number of hydrogen-bond acceptors (Lipinski definition) is 4. The molecule has 0 saturated carbocycles. The first-order valence-corrected chi connectivity index (χ1v) is 14.6. The van der Waals surface area contributed by atoms with Gasteiger partial charge in [0, 0.05) is 39.5 Å². The van der Waals surface area contributed by atoms with Crippen LogP contribution < -0.4 is 4.90 Å². The average molecular weight is 553 g/mol. The summed E-state index contributed by atoms with van der Waals surface area (Å²) in [6.07, 6.45) is 8.97. The van der Waals surface area contributed by atoms with Gasteiger partial charge in [0.05, 0.1) is 6.04 Å². The Balaban J connectivity index is 1.32. The van der Waals surface area contributed by atoms with Crippen LogP contribution in [0.1, 0.15) is 11.5 Å². The van der Waals surface area contributed by atoms with E-state index in [1.807, 2.05) is 60.7 Å². The lowest BCUT2D eigenvalue weighted by Gasteiger charge is -2.31. The first-order valence-electron chi connectivity index (χ1n) is 14.6. The van der Waals surface area contributed by atoms with E-state index >= 15 is 0 Å². The fourth-order valence-corrected chi connectivity index (χ4v) is 6.32. The SMILES string of the molecule is C1=CC2c3ccccc3N(c3ccccc3-c3ccccc3-c3nc(-c4ccccc4)nc(-c4ccccc4)n3)C2C=C1. The first-order chi connectivity index (χ1) is 21.3. The number of benzene rings is 5. The van der Waals surface area contributed by atoms with Crippen LogP contribution in [0, 0.1) is 0 Å². The Morgan fingerprint density at radius 1 is 0.419 bits per heavy atom. The summed E-state index contributed by atoms with van der Waals surface area (Å²) in [4.78, 5) is 17.5. The number of para-hydroxylation sites is 2. The zero-order chi connectivity index (χ0) is 28.6. The minimum absolute atomic E-state index is 0.210. The molecule has 2 unspecified atom stereocenters. The van der Waals surface area contributed by atoms with Crippen LogP contribution in [-0.4, -0.2) is 21.0 Å². The van der Waals surface area contributed by atoms with E-state index in [4.69, 9.17) is 15.0 Å². The van der Waals surface area contributed by atoms with Crippen molar-refractivity contribution in [2.24, 2.45) is 0 Å². The fraction of sp³-hybridized carbons (Fsp3) is 0.0513.